The van der Waals surface area contributed by atoms with E-state index in [0.717, 1.165) is 6.54 Å². The highest BCUT2D eigenvalue weighted by Gasteiger charge is 2.00. The van der Waals surface area contributed by atoms with Gasteiger partial charge in [0.15, 0.2) is 0 Å². The van der Waals surface area contributed by atoms with Crippen LogP contribution < -0.4 is 4.90 Å². The summed E-state index contributed by atoms with van der Waals surface area (Å²) >= 11 is 3.51. The first-order valence-corrected chi connectivity index (χ1v) is 4.52. The summed E-state index contributed by atoms with van der Waals surface area (Å²) in [5.74, 6) is 0. The fraction of sp³-hybridized carbons (Fsp3) is 0.333. The molecular formula is C9H13BrN+. The van der Waals surface area contributed by atoms with E-state index in [1.807, 2.05) is 6.07 Å². The molecule has 0 unspecified atom stereocenters. The Labute approximate surface area is 76.2 Å². The third-order valence-electron chi connectivity index (χ3n) is 1.50. The van der Waals surface area contributed by atoms with Crippen LogP contribution in [0.5, 0.6) is 0 Å². The minimum absolute atomic E-state index is 1.07. The molecule has 0 radical (unpaired) electrons. The zero-order valence-electron chi connectivity index (χ0n) is 6.89. The highest BCUT2D eigenvalue weighted by molar-refractivity contribution is 9.10. The van der Waals surface area contributed by atoms with Gasteiger partial charge in [0.25, 0.3) is 0 Å². The molecule has 0 atom stereocenters. The van der Waals surface area contributed by atoms with Crippen LogP contribution in [-0.4, -0.2) is 14.1 Å². The van der Waals surface area contributed by atoms with Crippen molar-refractivity contribution in [3.8, 4) is 0 Å². The van der Waals surface area contributed by atoms with Gasteiger partial charge in [-0.15, -0.1) is 0 Å². The first kappa shape index (κ1) is 8.75. The molecule has 1 rings (SSSR count). The van der Waals surface area contributed by atoms with Crippen molar-refractivity contribution in [2.24, 2.45) is 0 Å². The van der Waals surface area contributed by atoms with Crippen molar-refractivity contribution in [2.75, 3.05) is 14.1 Å². The molecule has 0 spiro atoms. The zero-order valence-corrected chi connectivity index (χ0v) is 8.48. The third kappa shape index (κ3) is 2.64. The first-order chi connectivity index (χ1) is 5.20. The highest BCUT2D eigenvalue weighted by Crippen LogP contribution is 2.14. The van der Waals surface area contributed by atoms with Gasteiger partial charge in [-0.05, 0) is 6.07 Å². The maximum absolute atomic E-state index is 3.51. The van der Waals surface area contributed by atoms with Crippen LogP contribution in [0, 0.1) is 0 Å². The largest absolute Gasteiger partial charge is 0.336 e. The SMILES string of the molecule is C[NH+](C)Cc1ccccc1Br. The summed E-state index contributed by atoms with van der Waals surface area (Å²) in [7, 11) is 4.30. The van der Waals surface area contributed by atoms with E-state index in [-0.39, 0.29) is 0 Å². The summed E-state index contributed by atoms with van der Waals surface area (Å²) in [6, 6.07) is 8.34. The number of hydrogen-bond donors (Lipinski definition) is 1. The minimum atomic E-state index is 1.07. The van der Waals surface area contributed by atoms with Crippen molar-refractivity contribution in [3.63, 3.8) is 0 Å². The zero-order chi connectivity index (χ0) is 8.27. The van der Waals surface area contributed by atoms with Crippen molar-refractivity contribution >= 4 is 15.9 Å². The lowest BCUT2D eigenvalue weighted by Crippen LogP contribution is -3.04. The van der Waals surface area contributed by atoms with E-state index in [9.17, 15) is 0 Å². The molecule has 1 N–H and O–H groups in total. The molecule has 1 aromatic rings. The van der Waals surface area contributed by atoms with Gasteiger partial charge in [-0.3, -0.25) is 0 Å². The van der Waals surface area contributed by atoms with Crippen LogP contribution in [0.3, 0.4) is 0 Å². The van der Waals surface area contributed by atoms with E-state index in [1.54, 1.807) is 0 Å². The van der Waals surface area contributed by atoms with E-state index in [1.165, 1.54) is 14.9 Å². The molecule has 0 aliphatic rings. The van der Waals surface area contributed by atoms with Crippen molar-refractivity contribution in [1.82, 2.24) is 0 Å². The Hall–Kier alpha value is -0.340. The van der Waals surface area contributed by atoms with Crippen molar-refractivity contribution < 1.29 is 4.90 Å². The normalized spacial score (nSPS) is 10.5. The summed E-state index contributed by atoms with van der Waals surface area (Å²) in [6.45, 7) is 1.07. The summed E-state index contributed by atoms with van der Waals surface area (Å²) < 4.78 is 1.21. The molecule has 0 saturated carbocycles. The Bertz CT molecular complexity index is 233. The fourth-order valence-electron chi connectivity index (χ4n) is 1.02. The number of hydrogen-bond acceptors (Lipinski definition) is 0. The molecule has 60 valence electrons. The molecular weight excluding hydrogens is 202 g/mol. The van der Waals surface area contributed by atoms with Gasteiger partial charge < -0.3 is 4.90 Å². The molecule has 0 fully saturated rings. The average Bonchev–Trinajstić information content (AvgIpc) is 1.93. The molecule has 1 aromatic carbocycles. The van der Waals surface area contributed by atoms with E-state index < -0.39 is 0 Å². The van der Waals surface area contributed by atoms with Gasteiger partial charge in [0.2, 0.25) is 0 Å². The second kappa shape index (κ2) is 3.88. The molecule has 0 amide bonds. The van der Waals surface area contributed by atoms with Gasteiger partial charge in [0.1, 0.15) is 6.54 Å². The Morgan fingerprint density at radius 2 is 1.91 bits per heavy atom. The number of halogens is 1. The van der Waals surface area contributed by atoms with Gasteiger partial charge in [-0.25, -0.2) is 0 Å². The Morgan fingerprint density at radius 3 is 2.45 bits per heavy atom. The van der Waals surface area contributed by atoms with Gasteiger partial charge >= 0.3 is 0 Å². The summed E-state index contributed by atoms with van der Waals surface area (Å²) in [4.78, 5) is 1.44. The molecule has 0 heterocycles. The second-order valence-corrected chi connectivity index (χ2v) is 3.83. The number of nitrogens with one attached hydrogen (secondary N) is 1. The van der Waals surface area contributed by atoms with Crippen molar-refractivity contribution in [3.05, 3.63) is 34.3 Å². The molecule has 1 nitrogen and oxygen atoms in total. The Morgan fingerprint density at radius 1 is 1.27 bits per heavy atom. The Kier molecular flexibility index (Phi) is 3.09. The van der Waals surface area contributed by atoms with E-state index in [0.29, 0.717) is 0 Å². The fourth-order valence-corrected chi connectivity index (χ4v) is 1.45. The molecule has 0 aromatic heterocycles. The molecule has 0 aliphatic heterocycles. The van der Waals surface area contributed by atoms with E-state index in [4.69, 9.17) is 0 Å². The maximum Gasteiger partial charge on any atom is 0.103 e. The Balaban J connectivity index is 2.78. The third-order valence-corrected chi connectivity index (χ3v) is 2.28. The lowest BCUT2D eigenvalue weighted by molar-refractivity contribution is -0.872. The van der Waals surface area contributed by atoms with Crippen molar-refractivity contribution in [2.45, 2.75) is 6.54 Å². The summed E-state index contributed by atoms with van der Waals surface area (Å²) in [5, 5.41) is 0. The lowest BCUT2D eigenvalue weighted by Gasteiger charge is -2.07. The molecule has 2 heteroatoms. The van der Waals surface area contributed by atoms with Crippen LogP contribution in [-0.2, 0) is 6.54 Å². The van der Waals surface area contributed by atoms with Gasteiger partial charge in [0, 0.05) is 10.0 Å². The van der Waals surface area contributed by atoms with Gasteiger partial charge in [-0.1, -0.05) is 34.1 Å². The number of rotatable bonds is 2. The van der Waals surface area contributed by atoms with Crippen LogP contribution in [0.4, 0.5) is 0 Å². The highest BCUT2D eigenvalue weighted by atomic mass is 79.9. The monoisotopic (exact) mass is 214 g/mol. The number of benzene rings is 1. The van der Waals surface area contributed by atoms with Crippen LogP contribution >= 0.6 is 15.9 Å². The van der Waals surface area contributed by atoms with E-state index >= 15 is 0 Å². The van der Waals surface area contributed by atoms with Gasteiger partial charge in [0.05, 0.1) is 14.1 Å². The van der Waals surface area contributed by atoms with E-state index in [2.05, 4.69) is 48.2 Å². The predicted octanol–water partition coefficient (Wildman–Crippen LogP) is 1.09. The number of quaternary nitrogens is 1. The molecule has 0 saturated heterocycles. The lowest BCUT2D eigenvalue weighted by atomic mass is 10.2. The van der Waals surface area contributed by atoms with Crippen molar-refractivity contribution in [1.29, 1.82) is 0 Å². The van der Waals surface area contributed by atoms with Crippen LogP contribution in [0.15, 0.2) is 28.7 Å². The standard InChI is InChI=1S/C9H12BrN/c1-11(2)7-8-5-3-4-6-9(8)10/h3-6H,7H2,1-2H3/p+1. The molecule has 11 heavy (non-hydrogen) atoms. The van der Waals surface area contributed by atoms with Gasteiger partial charge in [-0.2, -0.15) is 0 Å². The predicted molar refractivity (Wildman–Crippen MR) is 50.7 cm³/mol. The van der Waals surface area contributed by atoms with Crippen LogP contribution in [0.25, 0.3) is 0 Å². The quantitative estimate of drug-likeness (QED) is 0.753. The second-order valence-electron chi connectivity index (χ2n) is 2.98. The van der Waals surface area contributed by atoms with Crippen LogP contribution in [0.2, 0.25) is 0 Å². The first-order valence-electron chi connectivity index (χ1n) is 3.72. The molecule has 0 bridgehead atoms. The smallest absolute Gasteiger partial charge is 0.103 e. The van der Waals surface area contributed by atoms with Crippen LogP contribution in [0.1, 0.15) is 5.56 Å². The summed E-state index contributed by atoms with van der Waals surface area (Å²) in [6.07, 6.45) is 0. The molecule has 0 aliphatic carbocycles. The topological polar surface area (TPSA) is 4.44 Å². The average molecular weight is 215 g/mol. The maximum atomic E-state index is 3.51. The minimum Gasteiger partial charge on any atom is -0.336 e. The summed E-state index contributed by atoms with van der Waals surface area (Å²) in [5.41, 5.74) is 1.37.